The number of aromatic nitrogens is 4. The molecule has 1 fully saturated rings. The van der Waals surface area contributed by atoms with Gasteiger partial charge in [-0.3, -0.25) is 0 Å². The van der Waals surface area contributed by atoms with Crippen LogP contribution in [-0.4, -0.2) is 41.9 Å². The van der Waals surface area contributed by atoms with Crippen molar-refractivity contribution in [3.05, 3.63) is 48.6 Å². The zero-order valence-electron chi connectivity index (χ0n) is 14.0. The van der Waals surface area contributed by atoms with Crippen LogP contribution in [0.3, 0.4) is 0 Å². The molecule has 3 heterocycles. The molecule has 27 heavy (non-hydrogen) atoms. The van der Waals surface area contributed by atoms with E-state index >= 15 is 0 Å². The zero-order valence-corrected chi connectivity index (χ0v) is 14.0. The van der Waals surface area contributed by atoms with Crippen molar-refractivity contribution >= 4 is 28.7 Å². The molecular weight excluding hydrogens is 344 g/mol. The Kier molecular flexibility index (Phi) is 5.11. The van der Waals surface area contributed by atoms with E-state index in [1.165, 1.54) is 6.33 Å². The molecule has 0 unspecified atom stereocenters. The Balaban J connectivity index is 0.00000210. The second kappa shape index (κ2) is 7.34. The SMILES string of the molecule is C.Nc1cccc(/C=C/[C@H]2C[C@@H](n3ccc4c(N)ncnc43)[C@H](O)[C@@H]2O)n1. The number of aliphatic hydroxyl groups is 2. The summed E-state index contributed by atoms with van der Waals surface area (Å²) in [4.78, 5) is 12.5. The highest BCUT2D eigenvalue weighted by Crippen LogP contribution is 2.38. The topological polar surface area (TPSA) is 136 Å². The molecule has 0 saturated heterocycles. The lowest BCUT2D eigenvalue weighted by Gasteiger charge is -2.18. The van der Waals surface area contributed by atoms with E-state index in [0.29, 0.717) is 29.4 Å². The molecule has 6 N–H and O–H groups in total. The van der Waals surface area contributed by atoms with Crippen molar-refractivity contribution in [3.8, 4) is 0 Å². The summed E-state index contributed by atoms with van der Waals surface area (Å²) in [7, 11) is 0. The molecule has 0 amide bonds. The van der Waals surface area contributed by atoms with Crippen LogP contribution in [0.5, 0.6) is 0 Å². The lowest BCUT2D eigenvalue weighted by atomic mass is 10.0. The summed E-state index contributed by atoms with van der Waals surface area (Å²) in [6.07, 6.45) is 5.67. The number of rotatable bonds is 3. The first-order valence-electron chi connectivity index (χ1n) is 8.38. The summed E-state index contributed by atoms with van der Waals surface area (Å²) in [5, 5.41) is 21.8. The smallest absolute Gasteiger partial charge is 0.145 e. The van der Waals surface area contributed by atoms with Gasteiger partial charge in [-0.1, -0.05) is 19.6 Å². The number of nitrogens with two attached hydrogens (primary N) is 2. The van der Waals surface area contributed by atoms with Gasteiger partial charge in [-0.2, -0.15) is 0 Å². The molecule has 0 aromatic carbocycles. The predicted molar refractivity (Wildman–Crippen MR) is 106 cm³/mol. The number of hydrogen-bond acceptors (Lipinski definition) is 7. The molecule has 1 saturated carbocycles. The van der Waals surface area contributed by atoms with E-state index in [-0.39, 0.29) is 19.4 Å². The van der Waals surface area contributed by atoms with E-state index in [0.717, 1.165) is 5.39 Å². The molecule has 3 aromatic rings. The van der Waals surface area contributed by atoms with E-state index in [4.69, 9.17) is 11.5 Å². The van der Waals surface area contributed by atoms with Crippen LogP contribution in [0.15, 0.2) is 42.9 Å². The number of hydrogen-bond donors (Lipinski definition) is 4. The van der Waals surface area contributed by atoms with Crippen molar-refractivity contribution in [1.82, 2.24) is 19.5 Å². The van der Waals surface area contributed by atoms with Crippen molar-refractivity contribution < 1.29 is 10.2 Å². The van der Waals surface area contributed by atoms with Crippen molar-refractivity contribution in [2.45, 2.75) is 32.1 Å². The maximum atomic E-state index is 10.6. The summed E-state index contributed by atoms with van der Waals surface area (Å²) in [5.41, 5.74) is 12.9. The summed E-state index contributed by atoms with van der Waals surface area (Å²) in [6, 6.07) is 6.89. The average Bonchev–Trinajstić information content (AvgIpc) is 3.17. The average molecular weight is 368 g/mol. The van der Waals surface area contributed by atoms with Gasteiger partial charge in [-0.15, -0.1) is 0 Å². The first kappa shape index (κ1) is 18.8. The highest BCUT2D eigenvalue weighted by molar-refractivity contribution is 5.86. The molecule has 0 aliphatic heterocycles. The summed E-state index contributed by atoms with van der Waals surface area (Å²) in [5.74, 6) is 0.619. The molecule has 0 spiro atoms. The number of fused-ring (bicyclic) bond motifs is 1. The molecule has 0 bridgehead atoms. The van der Waals surface area contributed by atoms with Crippen LogP contribution < -0.4 is 11.5 Å². The monoisotopic (exact) mass is 368 g/mol. The maximum Gasteiger partial charge on any atom is 0.145 e. The first-order valence-corrected chi connectivity index (χ1v) is 8.38. The number of pyridine rings is 1. The van der Waals surface area contributed by atoms with Gasteiger partial charge in [0.05, 0.1) is 23.2 Å². The Hall–Kier alpha value is -2.97. The van der Waals surface area contributed by atoms with Crippen LogP contribution >= 0.6 is 0 Å². The molecule has 1 aliphatic carbocycles. The lowest BCUT2D eigenvalue weighted by Crippen LogP contribution is -2.29. The van der Waals surface area contributed by atoms with E-state index in [2.05, 4.69) is 15.0 Å². The third-order valence-electron chi connectivity index (χ3n) is 4.90. The van der Waals surface area contributed by atoms with Crippen LogP contribution in [0.4, 0.5) is 11.6 Å². The number of nitrogens with zero attached hydrogens (tertiary/aromatic N) is 4. The maximum absolute atomic E-state index is 10.6. The van der Waals surface area contributed by atoms with Gasteiger partial charge in [0.25, 0.3) is 0 Å². The second-order valence-corrected chi connectivity index (χ2v) is 6.51. The van der Waals surface area contributed by atoms with Crippen LogP contribution in [0.2, 0.25) is 0 Å². The standard InChI is InChI=1S/C18H20N6O2.CH4/c19-14-3-1-2-11(23-14)5-4-10-8-13(16(26)15(10)25)24-7-6-12-17(20)21-9-22-18(12)24;/h1-7,9-10,13,15-16,25-26H,8H2,(H2,19,23)(H2,20,21,22);1H4/b5-4+;/t10-,13+,15+,16-;/m0./s1. The molecule has 142 valence electrons. The fraction of sp³-hybridized carbons (Fsp3) is 0.316. The molecular formula is C19H24N6O2. The second-order valence-electron chi connectivity index (χ2n) is 6.51. The summed E-state index contributed by atoms with van der Waals surface area (Å²) >= 11 is 0. The number of nitrogen functional groups attached to an aromatic ring is 2. The van der Waals surface area contributed by atoms with Crippen molar-refractivity contribution in [3.63, 3.8) is 0 Å². The number of anilines is 2. The normalized spacial score (nSPS) is 25.1. The van der Waals surface area contributed by atoms with Crippen LogP contribution in [0, 0.1) is 5.92 Å². The van der Waals surface area contributed by atoms with Crippen LogP contribution in [0.25, 0.3) is 17.1 Å². The predicted octanol–water partition coefficient (Wildman–Crippen LogP) is 1.62. The highest BCUT2D eigenvalue weighted by Gasteiger charge is 2.41. The van der Waals surface area contributed by atoms with Crippen LogP contribution in [0.1, 0.15) is 25.6 Å². The largest absolute Gasteiger partial charge is 0.390 e. The molecule has 1 aliphatic rings. The van der Waals surface area contributed by atoms with E-state index in [1.54, 1.807) is 6.07 Å². The van der Waals surface area contributed by atoms with Gasteiger partial charge in [0, 0.05) is 12.1 Å². The molecule has 4 atom stereocenters. The van der Waals surface area contributed by atoms with Crippen LogP contribution in [-0.2, 0) is 0 Å². The molecule has 4 rings (SSSR count). The molecule has 8 nitrogen and oxygen atoms in total. The highest BCUT2D eigenvalue weighted by atomic mass is 16.3. The Morgan fingerprint density at radius 2 is 1.93 bits per heavy atom. The third-order valence-corrected chi connectivity index (χ3v) is 4.90. The van der Waals surface area contributed by atoms with Gasteiger partial charge < -0.3 is 26.2 Å². The van der Waals surface area contributed by atoms with Gasteiger partial charge >= 0.3 is 0 Å². The number of aliphatic hydroxyl groups excluding tert-OH is 2. The van der Waals surface area contributed by atoms with Crippen molar-refractivity contribution in [2.75, 3.05) is 11.5 Å². The quantitative estimate of drug-likeness (QED) is 0.551. The summed E-state index contributed by atoms with van der Waals surface area (Å²) < 4.78 is 1.86. The first-order chi connectivity index (χ1) is 12.5. The third kappa shape index (κ3) is 3.36. The molecule has 0 radical (unpaired) electrons. The van der Waals surface area contributed by atoms with E-state index in [1.807, 2.05) is 41.1 Å². The van der Waals surface area contributed by atoms with Gasteiger partial charge in [-0.05, 0) is 30.7 Å². The molecule has 8 heteroatoms. The zero-order chi connectivity index (χ0) is 18.3. The minimum Gasteiger partial charge on any atom is -0.390 e. The minimum absolute atomic E-state index is 0. The Labute approximate surface area is 157 Å². The van der Waals surface area contributed by atoms with Gasteiger partial charge in [-0.25, -0.2) is 15.0 Å². The Morgan fingerprint density at radius 3 is 2.70 bits per heavy atom. The molecule has 3 aromatic heterocycles. The van der Waals surface area contributed by atoms with Crippen molar-refractivity contribution in [2.24, 2.45) is 5.92 Å². The summed E-state index contributed by atoms with van der Waals surface area (Å²) in [6.45, 7) is 0. The lowest BCUT2D eigenvalue weighted by molar-refractivity contribution is 0.0139. The fourth-order valence-electron chi connectivity index (χ4n) is 3.55. The Morgan fingerprint density at radius 1 is 1.11 bits per heavy atom. The fourth-order valence-corrected chi connectivity index (χ4v) is 3.55. The van der Waals surface area contributed by atoms with Gasteiger partial charge in [0.15, 0.2) is 0 Å². The minimum atomic E-state index is -0.912. The van der Waals surface area contributed by atoms with E-state index < -0.39 is 12.2 Å². The van der Waals surface area contributed by atoms with Gasteiger partial charge in [0.2, 0.25) is 0 Å². The Bertz CT molecular complexity index is 970. The van der Waals surface area contributed by atoms with Crippen molar-refractivity contribution in [1.29, 1.82) is 0 Å². The van der Waals surface area contributed by atoms with Gasteiger partial charge in [0.1, 0.15) is 29.7 Å². The van der Waals surface area contributed by atoms with E-state index in [9.17, 15) is 10.2 Å².